The molecule has 76 valence electrons. The predicted molar refractivity (Wildman–Crippen MR) is 60.7 cm³/mol. The van der Waals surface area contributed by atoms with Crippen molar-refractivity contribution >= 4 is 17.3 Å². The van der Waals surface area contributed by atoms with Crippen molar-refractivity contribution in [3.63, 3.8) is 0 Å². The number of hydrogen-bond acceptors (Lipinski definition) is 3. The van der Waals surface area contributed by atoms with Gasteiger partial charge < -0.3 is 5.73 Å². The fourth-order valence-electron chi connectivity index (χ4n) is 1.24. The molecule has 0 spiro atoms. The molecular formula is C11H10ClN3. The Labute approximate surface area is 92.9 Å². The molecule has 15 heavy (non-hydrogen) atoms. The minimum absolute atomic E-state index is 0.579. The molecule has 1 aromatic heterocycles. The number of halogens is 1. The predicted octanol–water partition coefficient (Wildman–Crippen LogP) is 2.30. The van der Waals surface area contributed by atoms with Crippen LogP contribution in [0.4, 0.5) is 5.69 Å². The number of nitrogens with two attached hydrogens (primary N) is 1. The zero-order valence-electron chi connectivity index (χ0n) is 8.02. The lowest BCUT2D eigenvalue weighted by atomic mass is 10.1. The van der Waals surface area contributed by atoms with Crippen LogP contribution in [-0.4, -0.2) is 9.97 Å². The smallest absolute Gasteiger partial charge is 0.132 e. The van der Waals surface area contributed by atoms with Crippen molar-refractivity contribution in [2.24, 2.45) is 0 Å². The lowest BCUT2D eigenvalue weighted by Gasteiger charge is -2.00. The van der Waals surface area contributed by atoms with Gasteiger partial charge in [0.1, 0.15) is 5.82 Å². The van der Waals surface area contributed by atoms with Gasteiger partial charge in [-0.25, -0.2) is 9.97 Å². The summed E-state index contributed by atoms with van der Waals surface area (Å²) >= 11 is 5.79. The van der Waals surface area contributed by atoms with Gasteiger partial charge in [0.2, 0.25) is 0 Å². The van der Waals surface area contributed by atoms with Crippen molar-refractivity contribution < 1.29 is 0 Å². The molecule has 0 aliphatic rings. The summed E-state index contributed by atoms with van der Waals surface area (Å²) in [5.41, 5.74) is 7.20. The van der Waals surface area contributed by atoms with Gasteiger partial charge >= 0.3 is 0 Å². The summed E-state index contributed by atoms with van der Waals surface area (Å²) in [6.45, 7) is 0. The molecule has 0 saturated heterocycles. The van der Waals surface area contributed by atoms with Gasteiger partial charge in [-0.2, -0.15) is 0 Å². The molecule has 1 heterocycles. The maximum atomic E-state index is 5.79. The molecule has 0 unspecified atom stereocenters. The molecule has 0 bridgehead atoms. The lowest BCUT2D eigenvalue weighted by molar-refractivity contribution is 0.971. The Hall–Kier alpha value is -1.61. The first-order valence-corrected chi connectivity index (χ1v) is 4.93. The Balaban J connectivity index is 2.15. The summed E-state index contributed by atoms with van der Waals surface area (Å²) in [6.07, 6.45) is 3.91. The highest BCUT2D eigenvalue weighted by atomic mass is 35.5. The third-order valence-electron chi connectivity index (χ3n) is 2.00. The second-order valence-corrected chi connectivity index (χ2v) is 3.67. The SMILES string of the molecule is Nc1cnc(Cc2ccc(Cl)cc2)nc1. The van der Waals surface area contributed by atoms with Crippen LogP contribution < -0.4 is 5.73 Å². The van der Waals surface area contributed by atoms with E-state index in [0.29, 0.717) is 12.1 Å². The standard InChI is InChI=1S/C11H10ClN3/c12-9-3-1-8(2-4-9)5-11-14-6-10(13)7-15-11/h1-4,6-7H,5,13H2. The Bertz CT molecular complexity index is 393. The minimum atomic E-state index is 0.579. The maximum Gasteiger partial charge on any atom is 0.132 e. The van der Waals surface area contributed by atoms with Crippen LogP contribution in [0.1, 0.15) is 11.4 Å². The molecule has 2 aromatic rings. The molecule has 0 saturated carbocycles. The molecule has 2 N–H and O–H groups in total. The van der Waals surface area contributed by atoms with Crippen molar-refractivity contribution in [1.82, 2.24) is 9.97 Å². The number of rotatable bonds is 2. The Morgan fingerprint density at radius 2 is 1.67 bits per heavy atom. The highest BCUT2D eigenvalue weighted by Gasteiger charge is 1.98. The molecule has 0 atom stereocenters. The number of nitrogen functional groups attached to an aromatic ring is 1. The third kappa shape index (κ3) is 2.67. The molecule has 0 aliphatic heterocycles. The maximum absolute atomic E-state index is 5.79. The van der Waals surface area contributed by atoms with E-state index >= 15 is 0 Å². The summed E-state index contributed by atoms with van der Waals surface area (Å²) in [7, 11) is 0. The average Bonchev–Trinajstić information content (AvgIpc) is 2.25. The van der Waals surface area contributed by atoms with Crippen LogP contribution in [0, 0.1) is 0 Å². The van der Waals surface area contributed by atoms with Crippen molar-refractivity contribution in [2.45, 2.75) is 6.42 Å². The van der Waals surface area contributed by atoms with Gasteiger partial charge in [0.05, 0.1) is 18.1 Å². The van der Waals surface area contributed by atoms with Crippen LogP contribution in [0.3, 0.4) is 0 Å². The number of benzene rings is 1. The Morgan fingerprint density at radius 3 is 2.27 bits per heavy atom. The van der Waals surface area contributed by atoms with Crippen LogP contribution in [0.25, 0.3) is 0 Å². The summed E-state index contributed by atoms with van der Waals surface area (Å²) in [5.74, 6) is 0.756. The van der Waals surface area contributed by atoms with E-state index in [2.05, 4.69) is 9.97 Å². The number of hydrogen-bond donors (Lipinski definition) is 1. The molecular weight excluding hydrogens is 210 g/mol. The minimum Gasteiger partial charge on any atom is -0.396 e. The highest BCUT2D eigenvalue weighted by Crippen LogP contribution is 2.11. The fourth-order valence-corrected chi connectivity index (χ4v) is 1.37. The summed E-state index contributed by atoms with van der Waals surface area (Å²) < 4.78 is 0. The van der Waals surface area contributed by atoms with E-state index in [1.165, 1.54) is 0 Å². The highest BCUT2D eigenvalue weighted by molar-refractivity contribution is 6.30. The summed E-state index contributed by atoms with van der Waals surface area (Å²) in [4.78, 5) is 8.25. The zero-order chi connectivity index (χ0) is 10.7. The Morgan fingerprint density at radius 1 is 1.07 bits per heavy atom. The van der Waals surface area contributed by atoms with E-state index in [4.69, 9.17) is 17.3 Å². The van der Waals surface area contributed by atoms with Crippen LogP contribution in [-0.2, 0) is 6.42 Å². The first-order chi connectivity index (χ1) is 7.24. The van der Waals surface area contributed by atoms with E-state index < -0.39 is 0 Å². The second-order valence-electron chi connectivity index (χ2n) is 3.24. The second kappa shape index (κ2) is 4.28. The molecule has 1 aromatic carbocycles. The van der Waals surface area contributed by atoms with E-state index in [1.54, 1.807) is 12.4 Å². The van der Waals surface area contributed by atoms with Crippen molar-refractivity contribution in [3.05, 3.63) is 53.1 Å². The summed E-state index contributed by atoms with van der Waals surface area (Å²) in [5, 5.41) is 0.733. The van der Waals surface area contributed by atoms with Gasteiger partial charge in [-0.15, -0.1) is 0 Å². The van der Waals surface area contributed by atoms with Gasteiger partial charge in [-0.3, -0.25) is 0 Å². The lowest BCUT2D eigenvalue weighted by Crippen LogP contribution is -1.97. The van der Waals surface area contributed by atoms with Crippen LogP contribution >= 0.6 is 11.6 Å². The summed E-state index contributed by atoms with van der Waals surface area (Å²) in [6, 6.07) is 7.63. The van der Waals surface area contributed by atoms with Crippen LogP contribution in [0.5, 0.6) is 0 Å². The molecule has 0 amide bonds. The fraction of sp³-hybridized carbons (Fsp3) is 0.0909. The van der Waals surface area contributed by atoms with Crippen molar-refractivity contribution in [1.29, 1.82) is 0 Å². The molecule has 0 radical (unpaired) electrons. The van der Waals surface area contributed by atoms with E-state index in [1.807, 2.05) is 24.3 Å². The zero-order valence-corrected chi connectivity index (χ0v) is 8.78. The largest absolute Gasteiger partial charge is 0.396 e. The average molecular weight is 220 g/mol. The quantitative estimate of drug-likeness (QED) is 0.843. The van der Waals surface area contributed by atoms with Crippen LogP contribution in [0.15, 0.2) is 36.7 Å². The van der Waals surface area contributed by atoms with Gasteiger partial charge in [-0.1, -0.05) is 23.7 Å². The van der Waals surface area contributed by atoms with E-state index in [9.17, 15) is 0 Å². The number of anilines is 1. The van der Waals surface area contributed by atoms with Crippen molar-refractivity contribution in [3.8, 4) is 0 Å². The third-order valence-corrected chi connectivity index (χ3v) is 2.25. The van der Waals surface area contributed by atoms with Crippen molar-refractivity contribution in [2.75, 3.05) is 5.73 Å². The first kappa shape index (κ1) is 9.93. The first-order valence-electron chi connectivity index (χ1n) is 4.55. The van der Waals surface area contributed by atoms with Crippen LogP contribution in [0.2, 0.25) is 5.02 Å². The molecule has 4 heteroatoms. The normalized spacial score (nSPS) is 10.2. The van der Waals surface area contributed by atoms with Gasteiger partial charge in [0.25, 0.3) is 0 Å². The Kier molecular flexibility index (Phi) is 2.83. The van der Waals surface area contributed by atoms with Gasteiger partial charge in [0, 0.05) is 11.4 Å². The number of aromatic nitrogens is 2. The van der Waals surface area contributed by atoms with E-state index in [-0.39, 0.29) is 0 Å². The number of nitrogens with zero attached hydrogens (tertiary/aromatic N) is 2. The molecule has 0 aliphatic carbocycles. The molecule has 2 rings (SSSR count). The molecule has 0 fully saturated rings. The topological polar surface area (TPSA) is 51.8 Å². The molecule has 3 nitrogen and oxygen atoms in total. The van der Waals surface area contributed by atoms with Gasteiger partial charge in [-0.05, 0) is 17.7 Å². The van der Waals surface area contributed by atoms with Gasteiger partial charge in [0.15, 0.2) is 0 Å². The monoisotopic (exact) mass is 219 g/mol. The van der Waals surface area contributed by atoms with E-state index in [0.717, 1.165) is 16.4 Å².